The van der Waals surface area contributed by atoms with E-state index in [0.717, 1.165) is 40.1 Å². The first-order valence-corrected chi connectivity index (χ1v) is 12.1. The van der Waals surface area contributed by atoms with Gasteiger partial charge < -0.3 is 9.72 Å². The average Bonchev–Trinajstić information content (AvgIpc) is 3.24. The predicted molar refractivity (Wildman–Crippen MR) is 132 cm³/mol. The van der Waals surface area contributed by atoms with E-state index >= 15 is 0 Å². The van der Waals surface area contributed by atoms with Crippen LogP contribution in [0.2, 0.25) is 0 Å². The molecule has 6 heteroatoms. The molecule has 3 aromatic carbocycles. The third kappa shape index (κ3) is 4.04. The van der Waals surface area contributed by atoms with Crippen LogP contribution >= 0.6 is 15.9 Å². The van der Waals surface area contributed by atoms with Crippen molar-refractivity contribution >= 4 is 32.8 Å². The molecular formula is C27H24BrN3O2. The fourth-order valence-electron chi connectivity index (χ4n) is 4.87. The van der Waals surface area contributed by atoms with Crippen LogP contribution in [0, 0.1) is 5.41 Å². The van der Waals surface area contributed by atoms with Gasteiger partial charge in [0.2, 0.25) is 0 Å². The van der Waals surface area contributed by atoms with Crippen molar-refractivity contribution in [1.29, 1.82) is 0 Å². The van der Waals surface area contributed by atoms with Crippen molar-refractivity contribution in [1.82, 2.24) is 14.9 Å². The van der Waals surface area contributed by atoms with Crippen LogP contribution in [0.3, 0.4) is 0 Å². The molecule has 1 aromatic heterocycles. The molecule has 4 aromatic rings. The lowest BCUT2D eigenvalue weighted by atomic mass is 10.0. The topological polar surface area (TPSA) is 58.2 Å². The summed E-state index contributed by atoms with van der Waals surface area (Å²) in [5.41, 5.74) is 3.27. The van der Waals surface area contributed by atoms with Gasteiger partial charge in [-0.2, -0.15) is 0 Å². The van der Waals surface area contributed by atoms with Crippen molar-refractivity contribution in [2.75, 3.05) is 6.54 Å². The van der Waals surface area contributed by atoms with E-state index in [4.69, 9.17) is 9.72 Å². The SMILES string of the molecule is O=C(OCc1ccccc1)N1CC2(CC2)C[C@H]1c1ncc(-c2ccc3cc(Br)ccc3c2)[nH]1. The van der Waals surface area contributed by atoms with Crippen molar-refractivity contribution < 1.29 is 9.53 Å². The second-order valence-electron chi connectivity index (χ2n) is 9.28. The molecule has 2 aliphatic rings. The van der Waals surface area contributed by atoms with Gasteiger partial charge in [-0.3, -0.25) is 4.90 Å². The fourth-order valence-corrected chi connectivity index (χ4v) is 5.25. The van der Waals surface area contributed by atoms with E-state index in [1.165, 1.54) is 23.6 Å². The Hall–Kier alpha value is -3.12. The minimum absolute atomic E-state index is 0.0825. The molecule has 1 N–H and O–H groups in total. The van der Waals surface area contributed by atoms with Gasteiger partial charge in [0.25, 0.3) is 0 Å². The maximum Gasteiger partial charge on any atom is 0.410 e. The lowest BCUT2D eigenvalue weighted by Gasteiger charge is -2.22. The first kappa shape index (κ1) is 20.5. The number of halogens is 1. The predicted octanol–water partition coefficient (Wildman–Crippen LogP) is 6.86. The van der Waals surface area contributed by atoms with Gasteiger partial charge in [0.05, 0.1) is 17.9 Å². The van der Waals surface area contributed by atoms with Crippen molar-refractivity contribution in [2.45, 2.75) is 31.9 Å². The van der Waals surface area contributed by atoms with Gasteiger partial charge in [0, 0.05) is 16.6 Å². The van der Waals surface area contributed by atoms with E-state index in [1.54, 1.807) is 0 Å². The molecule has 1 saturated heterocycles. The lowest BCUT2D eigenvalue weighted by Crippen LogP contribution is -2.32. The Labute approximate surface area is 200 Å². The van der Waals surface area contributed by atoms with E-state index in [1.807, 2.05) is 41.4 Å². The van der Waals surface area contributed by atoms with Gasteiger partial charge in [-0.05, 0) is 59.2 Å². The summed E-state index contributed by atoms with van der Waals surface area (Å²) < 4.78 is 6.75. The van der Waals surface area contributed by atoms with Gasteiger partial charge in [-0.25, -0.2) is 9.78 Å². The molecule has 1 amide bonds. The van der Waals surface area contributed by atoms with Gasteiger partial charge in [0.15, 0.2) is 0 Å². The number of H-pyrrole nitrogens is 1. The van der Waals surface area contributed by atoms with Crippen LogP contribution in [-0.4, -0.2) is 27.5 Å². The highest BCUT2D eigenvalue weighted by Crippen LogP contribution is 2.58. The van der Waals surface area contributed by atoms with E-state index in [0.29, 0.717) is 0 Å². The largest absolute Gasteiger partial charge is 0.445 e. The Balaban J connectivity index is 1.23. The van der Waals surface area contributed by atoms with Gasteiger partial charge in [-0.15, -0.1) is 0 Å². The highest BCUT2D eigenvalue weighted by molar-refractivity contribution is 9.10. The number of benzene rings is 3. The first-order chi connectivity index (χ1) is 16.1. The number of amides is 1. The highest BCUT2D eigenvalue weighted by Gasteiger charge is 2.54. The van der Waals surface area contributed by atoms with Crippen LogP contribution in [0.5, 0.6) is 0 Å². The zero-order valence-electron chi connectivity index (χ0n) is 18.1. The molecule has 6 rings (SSSR count). The fraction of sp³-hybridized carbons (Fsp3) is 0.259. The maximum atomic E-state index is 13.0. The number of fused-ring (bicyclic) bond motifs is 1. The minimum atomic E-state index is -0.262. The van der Waals surface area contributed by atoms with Gasteiger partial charge in [-0.1, -0.05) is 64.5 Å². The quantitative estimate of drug-likeness (QED) is 0.332. The zero-order valence-corrected chi connectivity index (χ0v) is 19.7. The highest BCUT2D eigenvalue weighted by atomic mass is 79.9. The number of hydrogen-bond acceptors (Lipinski definition) is 3. The molecule has 0 bridgehead atoms. The van der Waals surface area contributed by atoms with Gasteiger partial charge >= 0.3 is 6.09 Å². The Bertz CT molecular complexity index is 1330. The molecule has 1 aliphatic carbocycles. The number of likely N-dealkylation sites (tertiary alicyclic amines) is 1. The molecule has 2 fully saturated rings. The molecule has 1 saturated carbocycles. The van der Waals surface area contributed by atoms with Crippen LogP contribution in [0.25, 0.3) is 22.0 Å². The summed E-state index contributed by atoms with van der Waals surface area (Å²) in [7, 11) is 0. The molecule has 166 valence electrons. The van der Waals surface area contributed by atoms with E-state index in [9.17, 15) is 4.79 Å². The average molecular weight is 502 g/mol. The molecule has 0 radical (unpaired) electrons. The van der Waals surface area contributed by atoms with Crippen LogP contribution in [-0.2, 0) is 11.3 Å². The number of carbonyl (C=O) groups is 1. The molecule has 5 nitrogen and oxygen atoms in total. The number of aromatic amines is 1. The molecule has 1 spiro atoms. The Morgan fingerprint density at radius 3 is 2.70 bits per heavy atom. The number of aromatic nitrogens is 2. The van der Waals surface area contributed by atoms with Crippen molar-refractivity contribution in [3.05, 3.63) is 88.8 Å². The van der Waals surface area contributed by atoms with E-state index in [2.05, 4.69) is 57.3 Å². The van der Waals surface area contributed by atoms with Crippen LogP contribution in [0.15, 0.2) is 77.4 Å². The molecule has 33 heavy (non-hydrogen) atoms. The van der Waals surface area contributed by atoms with E-state index < -0.39 is 0 Å². The van der Waals surface area contributed by atoms with Crippen molar-refractivity contribution in [2.24, 2.45) is 5.41 Å². The summed E-state index contributed by atoms with van der Waals surface area (Å²) >= 11 is 3.53. The Kier molecular flexibility index (Phi) is 4.98. The lowest BCUT2D eigenvalue weighted by molar-refractivity contribution is 0.0899. The molecule has 2 heterocycles. The molecule has 1 atom stereocenters. The number of imidazole rings is 1. The summed E-state index contributed by atoms with van der Waals surface area (Å²) in [6, 6.07) is 22.4. The second-order valence-corrected chi connectivity index (χ2v) is 10.2. The Morgan fingerprint density at radius 1 is 1.09 bits per heavy atom. The van der Waals surface area contributed by atoms with Crippen molar-refractivity contribution in [3.63, 3.8) is 0 Å². The maximum absolute atomic E-state index is 13.0. The zero-order chi connectivity index (χ0) is 22.4. The summed E-state index contributed by atoms with van der Waals surface area (Å²) in [6.45, 7) is 1.03. The van der Waals surface area contributed by atoms with Crippen LogP contribution in [0.4, 0.5) is 4.79 Å². The number of hydrogen-bond donors (Lipinski definition) is 1. The number of nitrogens with zero attached hydrogens (tertiary/aromatic N) is 2. The minimum Gasteiger partial charge on any atom is -0.445 e. The summed E-state index contributed by atoms with van der Waals surface area (Å²) in [4.78, 5) is 23.1. The summed E-state index contributed by atoms with van der Waals surface area (Å²) in [6.07, 6.45) is 4.88. The number of rotatable bonds is 4. The van der Waals surface area contributed by atoms with Gasteiger partial charge in [0.1, 0.15) is 12.4 Å². The number of nitrogens with one attached hydrogen (secondary N) is 1. The molecular weight excluding hydrogens is 478 g/mol. The van der Waals surface area contributed by atoms with Crippen LogP contribution < -0.4 is 0 Å². The van der Waals surface area contributed by atoms with Crippen molar-refractivity contribution in [3.8, 4) is 11.3 Å². The standard InChI is InChI=1S/C27H24BrN3O2/c28-22-9-8-19-12-21(7-6-20(19)13-22)23-15-29-25(30-23)24-14-27(10-11-27)17-31(24)26(32)33-16-18-4-2-1-3-5-18/h1-9,12-13,15,24H,10-11,14,16-17H2,(H,29,30)/t24-/m0/s1. The monoisotopic (exact) mass is 501 g/mol. The molecule has 1 aliphatic heterocycles. The van der Waals surface area contributed by atoms with Crippen LogP contribution in [0.1, 0.15) is 36.7 Å². The third-order valence-corrected chi connectivity index (χ3v) is 7.42. The first-order valence-electron chi connectivity index (χ1n) is 11.3. The number of ether oxygens (including phenoxy) is 1. The number of carbonyl (C=O) groups excluding carboxylic acids is 1. The third-order valence-electron chi connectivity index (χ3n) is 6.93. The second kappa shape index (κ2) is 8.03. The molecule has 0 unspecified atom stereocenters. The summed E-state index contributed by atoms with van der Waals surface area (Å²) in [5, 5.41) is 2.36. The Morgan fingerprint density at radius 2 is 1.88 bits per heavy atom. The smallest absolute Gasteiger partial charge is 0.410 e. The van der Waals surface area contributed by atoms with E-state index in [-0.39, 0.29) is 24.2 Å². The normalized spacial score (nSPS) is 18.7. The summed E-state index contributed by atoms with van der Waals surface area (Å²) in [5.74, 6) is 0.835.